The van der Waals surface area contributed by atoms with E-state index >= 15 is 0 Å². The fourth-order valence-corrected chi connectivity index (χ4v) is 3.51. The first-order valence-electron chi connectivity index (χ1n) is 7.94. The summed E-state index contributed by atoms with van der Waals surface area (Å²) in [6.07, 6.45) is 2.28. The third kappa shape index (κ3) is 4.26. The third-order valence-electron chi connectivity index (χ3n) is 3.82. The maximum absolute atomic E-state index is 12.6. The Morgan fingerprint density at radius 2 is 1.53 bits per heavy atom. The number of phenols is 2. The molecule has 1 fully saturated rings. The van der Waals surface area contributed by atoms with Gasteiger partial charge in [-0.2, -0.15) is 10.1 Å². The Balaban J connectivity index is 1.89. The Labute approximate surface area is 177 Å². The van der Waals surface area contributed by atoms with Crippen LogP contribution in [0, 0.1) is 20.2 Å². The molecule has 0 unspecified atom stereocenters. The first-order valence-corrected chi connectivity index (χ1v) is 9.16. The van der Waals surface area contributed by atoms with Crippen molar-refractivity contribution >= 4 is 57.9 Å². The number of hydrazone groups is 1. The molecule has 2 aromatic rings. The molecule has 0 radical (unpaired) electrons. The Morgan fingerprint density at radius 3 is 2.10 bits per heavy atom. The van der Waals surface area contributed by atoms with Crippen LogP contribution in [0.5, 0.6) is 11.5 Å². The van der Waals surface area contributed by atoms with E-state index in [0.717, 1.165) is 59.4 Å². The maximum atomic E-state index is 12.6. The normalized spacial score (nSPS) is 15.3. The molecule has 30 heavy (non-hydrogen) atoms. The first kappa shape index (κ1) is 20.9. The summed E-state index contributed by atoms with van der Waals surface area (Å²) in [5, 5.41) is 46.2. The van der Waals surface area contributed by atoms with Gasteiger partial charge in [0.05, 0.1) is 21.0 Å². The van der Waals surface area contributed by atoms with Crippen LogP contribution in [0.1, 0.15) is 11.1 Å². The molecule has 0 spiro atoms. The summed E-state index contributed by atoms with van der Waals surface area (Å²) in [7, 11) is 0. The Hall–Kier alpha value is -3.84. The van der Waals surface area contributed by atoms with Gasteiger partial charge in [-0.05, 0) is 30.4 Å². The van der Waals surface area contributed by atoms with Crippen LogP contribution >= 0.6 is 24.0 Å². The molecular formula is C17H10N4O7S2. The van der Waals surface area contributed by atoms with E-state index in [-0.39, 0.29) is 43.2 Å². The number of nitro groups is 2. The molecule has 0 saturated carbocycles. The third-order valence-corrected chi connectivity index (χ3v) is 5.10. The van der Waals surface area contributed by atoms with Crippen molar-refractivity contribution in [2.45, 2.75) is 0 Å². The molecule has 13 heteroatoms. The highest BCUT2D eigenvalue weighted by molar-refractivity contribution is 8.26. The average molecular weight is 446 g/mol. The fourth-order valence-electron chi connectivity index (χ4n) is 2.35. The van der Waals surface area contributed by atoms with E-state index in [1.165, 1.54) is 6.08 Å². The fraction of sp³-hybridized carbons (Fsp3) is 0. The number of carbonyl (C=O) groups is 1. The number of nitrogens with zero attached hydrogens (tertiary/aromatic N) is 4. The number of rotatable bonds is 5. The molecule has 1 aliphatic rings. The predicted octanol–water partition coefficient (Wildman–Crippen LogP) is 3.15. The molecule has 0 aromatic heterocycles. The number of thioether (sulfide) groups is 1. The number of thiocarbonyl (C=S) groups is 1. The molecule has 11 nitrogen and oxygen atoms in total. The number of carbonyl (C=O) groups excluding carboxylic acids is 1. The lowest BCUT2D eigenvalue weighted by molar-refractivity contribution is -0.385. The van der Waals surface area contributed by atoms with E-state index in [1.807, 2.05) is 0 Å². The van der Waals surface area contributed by atoms with Crippen LogP contribution in [-0.2, 0) is 4.79 Å². The zero-order chi connectivity index (χ0) is 22.0. The number of benzene rings is 2. The molecular weight excluding hydrogens is 436 g/mol. The highest BCUT2D eigenvalue weighted by atomic mass is 32.2. The largest absolute Gasteiger partial charge is 0.507 e. The van der Waals surface area contributed by atoms with Gasteiger partial charge in [-0.25, -0.2) is 0 Å². The molecule has 152 valence electrons. The average Bonchev–Trinajstić information content (AvgIpc) is 2.95. The molecule has 3 rings (SSSR count). The first-order chi connectivity index (χ1) is 14.2. The Morgan fingerprint density at radius 1 is 1.00 bits per heavy atom. The quantitative estimate of drug-likeness (QED) is 0.231. The number of hydrogen-bond donors (Lipinski definition) is 2. The lowest BCUT2D eigenvalue weighted by Gasteiger charge is -2.06. The van der Waals surface area contributed by atoms with E-state index in [9.17, 15) is 35.2 Å². The highest BCUT2D eigenvalue weighted by Gasteiger charge is 2.32. The molecule has 0 atom stereocenters. The highest BCUT2D eigenvalue weighted by Crippen LogP contribution is 2.35. The SMILES string of the molecule is O=C1C(=Cc2cc([N+](=O)[O-])ccc2O)SC(=S)N1/N=C/c1cc([N+](=O)[O-])ccc1O. The second kappa shape index (κ2) is 8.26. The summed E-state index contributed by atoms with van der Waals surface area (Å²) in [6, 6.07) is 6.66. The predicted molar refractivity (Wildman–Crippen MR) is 112 cm³/mol. The topological polar surface area (TPSA) is 159 Å². The van der Waals surface area contributed by atoms with Crippen molar-refractivity contribution in [3.8, 4) is 11.5 Å². The maximum Gasteiger partial charge on any atom is 0.286 e. The molecule has 1 heterocycles. The number of amides is 1. The summed E-state index contributed by atoms with van der Waals surface area (Å²) in [4.78, 5) is 33.1. The van der Waals surface area contributed by atoms with Gasteiger partial charge < -0.3 is 10.2 Å². The van der Waals surface area contributed by atoms with Gasteiger partial charge in [0.25, 0.3) is 17.3 Å². The van der Waals surface area contributed by atoms with Crippen LogP contribution in [-0.4, -0.2) is 41.5 Å². The minimum absolute atomic E-state index is 0.00133. The summed E-state index contributed by atoms with van der Waals surface area (Å²) < 4.78 is 0.0253. The van der Waals surface area contributed by atoms with Crippen molar-refractivity contribution in [1.29, 1.82) is 0 Å². The zero-order valence-corrected chi connectivity index (χ0v) is 16.3. The number of aromatic hydroxyl groups is 2. The van der Waals surface area contributed by atoms with Crippen molar-refractivity contribution in [3.05, 3.63) is 72.7 Å². The van der Waals surface area contributed by atoms with E-state index in [1.54, 1.807) is 0 Å². The number of hydrogen-bond acceptors (Lipinski definition) is 10. The van der Waals surface area contributed by atoms with Crippen LogP contribution < -0.4 is 0 Å². The van der Waals surface area contributed by atoms with Gasteiger partial charge in [0, 0.05) is 35.4 Å². The molecule has 2 aromatic carbocycles. The van der Waals surface area contributed by atoms with Crippen LogP contribution in [0.15, 0.2) is 46.4 Å². The van der Waals surface area contributed by atoms with Crippen LogP contribution in [0.2, 0.25) is 0 Å². The van der Waals surface area contributed by atoms with Crippen molar-refractivity contribution in [2.75, 3.05) is 0 Å². The lowest BCUT2D eigenvalue weighted by atomic mass is 10.1. The van der Waals surface area contributed by atoms with Crippen LogP contribution in [0.4, 0.5) is 11.4 Å². The molecule has 1 amide bonds. The van der Waals surface area contributed by atoms with Gasteiger partial charge in [-0.1, -0.05) is 11.8 Å². The lowest BCUT2D eigenvalue weighted by Crippen LogP contribution is -2.22. The number of non-ortho nitro benzene ring substituents is 2. The van der Waals surface area contributed by atoms with Crippen LogP contribution in [0.3, 0.4) is 0 Å². The minimum Gasteiger partial charge on any atom is -0.507 e. The smallest absolute Gasteiger partial charge is 0.286 e. The standard InChI is InChI=1S/C17H10N4O7S2/c22-13-3-1-11(20(25)26)5-9(13)7-15-16(24)19(17(29)30-15)18-8-10-6-12(21(27)28)2-4-14(10)23/h1-8,22-23H/b15-7?,18-8+. The second-order valence-electron chi connectivity index (χ2n) is 5.74. The van der Waals surface area contributed by atoms with Crippen molar-refractivity contribution in [1.82, 2.24) is 5.01 Å². The van der Waals surface area contributed by atoms with E-state index in [0.29, 0.717) is 0 Å². The van der Waals surface area contributed by atoms with E-state index in [4.69, 9.17) is 12.2 Å². The van der Waals surface area contributed by atoms with Crippen molar-refractivity contribution in [2.24, 2.45) is 5.10 Å². The summed E-state index contributed by atoms with van der Waals surface area (Å²) in [5.74, 6) is -1.22. The molecule has 1 aliphatic heterocycles. The number of phenolic OH excluding ortho intramolecular Hbond substituents is 2. The van der Waals surface area contributed by atoms with Gasteiger partial charge in [0.15, 0.2) is 4.32 Å². The van der Waals surface area contributed by atoms with Crippen molar-refractivity contribution < 1.29 is 24.9 Å². The summed E-state index contributed by atoms with van der Waals surface area (Å²) in [6.45, 7) is 0. The zero-order valence-electron chi connectivity index (χ0n) is 14.7. The van der Waals surface area contributed by atoms with Gasteiger partial charge in [0.1, 0.15) is 11.5 Å². The number of nitro benzene ring substituents is 2. The molecule has 0 bridgehead atoms. The summed E-state index contributed by atoms with van der Waals surface area (Å²) in [5.41, 5.74) is -0.502. The van der Waals surface area contributed by atoms with Gasteiger partial charge in [0.2, 0.25) is 0 Å². The second-order valence-corrected chi connectivity index (χ2v) is 7.41. The molecule has 0 aliphatic carbocycles. The van der Waals surface area contributed by atoms with Gasteiger partial charge in [-0.3, -0.25) is 25.0 Å². The van der Waals surface area contributed by atoms with Crippen LogP contribution in [0.25, 0.3) is 6.08 Å². The Bertz CT molecular complexity index is 1160. The van der Waals surface area contributed by atoms with E-state index in [2.05, 4.69) is 5.10 Å². The monoisotopic (exact) mass is 446 g/mol. The van der Waals surface area contributed by atoms with E-state index < -0.39 is 15.8 Å². The minimum atomic E-state index is -0.669. The molecule has 2 N–H and O–H groups in total. The summed E-state index contributed by atoms with van der Waals surface area (Å²) >= 11 is 5.95. The van der Waals surface area contributed by atoms with Crippen molar-refractivity contribution in [3.63, 3.8) is 0 Å². The molecule has 1 saturated heterocycles. The Kier molecular flexibility index (Phi) is 5.75. The van der Waals surface area contributed by atoms with Gasteiger partial charge >= 0.3 is 0 Å². The van der Waals surface area contributed by atoms with Gasteiger partial charge in [-0.15, -0.1) is 0 Å².